The van der Waals surface area contributed by atoms with Gasteiger partial charge >= 0.3 is 5.97 Å². The smallest absolute Gasteiger partial charge is 0.356 e. The first-order chi connectivity index (χ1) is 8.08. The lowest BCUT2D eigenvalue weighted by atomic mass is 10.2. The van der Waals surface area contributed by atoms with Crippen LogP contribution < -0.4 is 4.90 Å². The van der Waals surface area contributed by atoms with Crippen molar-refractivity contribution in [3.8, 4) is 0 Å². The molecule has 1 saturated carbocycles. The minimum absolute atomic E-state index is 0.00365. The van der Waals surface area contributed by atoms with Crippen molar-refractivity contribution in [2.24, 2.45) is 5.92 Å². The van der Waals surface area contributed by atoms with E-state index in [-0.39, 0.29) is 5.69 Å². The van der Waals surface area contributed by atoms with Crippen LogP contribution in [0.1, 0.15) is 37.2 Å². The van der Waals surface area contributed by atoms with Gasteiger partial charge in [0.05, 0.1) is 12.4 Å². The minimum Gasteiger partial charge on any atom is -0.476 e. The number of nitrogens with zero attached hydrogens (tertiary/aromatic N) is 3. The second-order valence-corrected chi connectivity index (χ2v) is 4.76. The number of hydrogen-bond acceptors (Lipinski definition) is 4. The van der Waals surface area contributed by atoms with E-state index in [9.17, 15) is 4.79 Å². The van der Waals surface area contributed by atoms with E-state index in [2.05, 4.69) is 28.7 Å². The van der Waals surface area contributed by atoms with E-state index in [4.69, 9.17) is 5.11 Å². The van der Waals surface area contributed by atoms with Gasteiger partial charge < -0.3 is 10.0 Å². The highest BCUT2D eigenvalue weighted by molar-refractivity contribution is 5.85. The van der Waals surface area contributed by atoms with Crippen molar-refractivity contribution in [2.75, 3.05) is 11.4 Å². The van der Waals surface area contributed by atoms with Gasteiger partial charge in [-0.3, -0.25) is 4.98 Å². The molecule has 0 aliphatic heterocycles. The molecule has 92 valence electrons. The van der Waals surface area contributed by atoms with Crippen LogP contribution in [0.5, 0.6) is 0 Å². The second-order valence-electron chi connectivity index (χ2n) is 4.76. The summed E-state index contributed by atoms with van der Waals surface area (Å²) in [7, 11) is 0. The quantitative estimate of drug-likeness (QED) is 0.843. The molecule has 1 aromatic rings. The Labute approximate surface area is 100 Å². The van der Waals surface area contributed by atoms with E-state index in [1.807, 2.05) is 0 Å². The van der Waals surface area contributed by atoms with Gasteiger partial charge in [-0.05, 0) is 32.6 Å². The predicted molar refractivity (Wildman–Crippen MR) is 64.2 cm³/mol. The Morgan fingerprint density at radius 3 is 2.76 bits per heavy atom. The van der Waals surface area contributed by atoms with Crippen LogP contribution in [-0.4, -0.2) is 33.6 Å². The lowest BCUT2D eigenvalue weighted by Gasteiger charge is -2.27. The Hall–Kier alpha value is -1.65. The van der Waals surface area contributed by atoms with Crippen molar-refractivity contribution >= 4 is 11.8 Å². The number of aromatic nitrogens is 2. The molecule has 5 nitrogen and oxygen atoms in total. The zero-order valence-electron chi connectivity index (χ0n) is 10.1. The maximum absolute atomic E-state index is 10.9. The summed E-state index contributed by atoms with van der Waals surface area (Å²) in [6.07, 6.45) is 5.43. The average Bonchev–Trinajstić information content (AvgIpc) is 3.09. The highest BCUT2D eigenvalue weighted by Gasteiger charge is 2.26. The molecule has 1 fully saturated rings. The standard InChI is InChI=1S/C12H17N3O2/c1-8(2)15(7-9-3-4-9)11-6-13-5-10(14-11)12(16)17/h5-6,8-9H,3-4,7H2,1-2H3,(H,16,17). The SMILES string of the molecule is CC(C)N(CC1CC1)c1cncc(C(=O)O)n1. The molecule has 0 amide bonds. The van der Waals surface area contributed by atoms with Gasteiger partial charge in [0.1, 0.15) is 5.82 Å². The molecule has 1 aliphatic carbocycles. The maximum Gasteiger partial charge on any atom is 0.356 e. The molecule has 1 N–H and O–H groups in total. The fourth-order valence-electron chi connectivity index (χ4n) is 1.74. The Morgan fingerprint density at radius 2 is 2.24 bits per heavy atom. The van der Waals surface area contributed by atoms with Crippen LogP contribution in [0, 0.1) is 5.92 Å². The highest BCUT2D eigenvalue weighted by atomic mass is 16.4. The fourth-order valence-corrected chi connectivity index (χ4v) is 1.74. The van der Waals surface area contributed by atoms with Crippen molar-refractivity contribution in [2.45, 2.75) is 32.7 Å². The molecule has 0 saturated heterocycles. The average molecular weight is 235 g/mol. The maximum atomic E-state index is 10.9. The van der Waals surface area contributed by atoms with Crippen LogP contribution in [-0.2, 0) is 0 Å². The van der Waals surface area contributed by atoms with Crippen molar-refractivity contribution in [1.82, 2.24) is 9.97 Å². The van der Waals surface area contributed by atoms with Crippen LogP contribution in [0.25, 0.3) is 0 Å². The monoisotopic (exact) mass is 235 g/mol. The lowest BCUT2D eigenvalue weighted by Crippen LogP contribution is -2.33. The first-order valence-corrected chi connectivity index (χ1v) is 5.90. The molecular formula is C12H17N3O2. The van der Waals surface area contributed by atoms with E-state index >= 15 is 0 Å². The van der Waals surface area contributed by atoms with Crippen molar-refractivity contribution in [3.05, 3.63) is 18.1 Å². The molecule has 0 bridgehead atoms. The van der Waals surface area contributed by atoms with Crippen LogP contribution in [0.15, 0.2) is 12.4 Å². The molecule has 0 radical (unpaired) electrons. The fraction of sp³-hybridized carbons (Fsp3) is 0.583. The van der Waals surface area contributed by atoms with Crippen LogP contribution in [0.2, 0.25) is 0 Å². The molecule has 0 unspecified atom stereocenters. The normalized spacial score (nSPS) is 15.0. The summed E-state index contributed by atoms with van der Waals surface area (Å²) in [4.78, 5) is 21.1. The van der Waals surface area contributed by atoms with Crippen LogP contribution in [0.4, 0.5) is 5.82 Å². The molecule has 1 aliphatic rings. The number of rotatable bonds is 5. The number of hydrogen-bond donors (Lipinski definition) is 1. The Balaban J connectivity index is 2.21. The number of aromatic carboxylic acids is 1. The molecule has 17 heavy (non-hydrogen) atoms. The topological polar surface area (TPSA) is 66.3 Å². The van der Waals surface area contributed by atoms with Gasteiger partial charge in [0.2, 0.25) is 0 Å². The zero-order chi connectivity index (χ0) is 12.4. The van der Waals surface area contributed by atoms with Gasteiger partial charge in [-0.1, -0.05) is 0 Å². The Bertz CT molecular complexity index is 416. The van der Waals surface area contributed by atoms with E-state index in [1.165, 1.54) is 19.0 Å². The van der Waals surface area contributed by atoms with Gasteiger partial charge in [-0.15, -0.1) is 0 Å². The first kappa shape index (κ1) is 11.8. The molecule has 1 heterocycles. The van der Waals surface area contributed by atoms with Crippen molar-refractivity contribution in [1.29, 1.82) is 0 Å². The van der Waals surface area contributed by atoms with Gasteiger partial charge in [-0.25, -0.2) is 9.78 Å². The number of carboxylic acids is 1. The van der Waals surface area contributed by atoms with Crippen molar-refractivity contribution in [3.63, 3.8) is 0 Å². The van der Waals surface area contributed by atoms with Crippen molar-refractivity contribution < 1.29 is 9.90 Å². The van der Waals surface area contributed by atoms with Gasteiger partial charge in [-0.2, -0.15) is 0 Å². The van der Waals surface area contributed by atoms with Gasteiger partial charge in [0.25, 0.3) is 0 Å². The molecular weight excluding hydrogens is 218 g/mol. The predicted octanol–water partition coefficient (Wildman–Crippen LogP) is 1.80. The minimum atomic E-state index is -1.03. The lowest BCUT2D eigenvalue weighted by molar-refractivity contribution is 0.0690. The van der Waals surface area contributed by atoms with Gasteiger partial charge in [0.15, 0.2) is 5.69 Å². The summed E-state index contributed by atoms with van der Waals surface area (Å²) >= 11 is 0. The molecule has 0 spiro atoms. The summed E-state index contributed by atoms with van der Waals surface area (Å²) in [6, 6.07) is 0.300. The molecule has 1 aromatic heterocycles. The number of carbonyl (C=O) groups is 1. The highest BCUT2D eigenvalue weighted by Crippen LogP contribution is 2.31. The summed E-state index contributed by atoms with van der Waals surface area (Å²) in [5, 5.41) is 8.90. The van der Waals surface area contributed by atoms with Crippen LogP contribution in [0.3, 0.4) is 0 Å². The van der Waals surface area contributed by atoms with Gasteiger partial charge in [0, 0.05) is 12.6 Å². The molecule has 0 aromatic carbocycles. The van der Waals surface area contributed by atoms with E-state index in [0.29, 0.717) is 11.9 Å². The van der Waals surface area contributed by atoms with E-state index in [0.717, 1.165) is 12.5 Å². The largest absolute Gasteiger partial charge is 0.476 e. The van der Waals surface area contributed by atoms with E-state index < -0.39 is 5.97 Å². The molecule has 2 rings (SSSR count). The third-order valence-electron chi connectivity index (χ3n) is 2.91. The molecule has 0 atom stereocenters. The summed E-state index contributed by atoms with van der Waals surface area (Å²) < 4.78 is 0. The number of carboxylic acid groups (broad SMARTS) is 1. The zero-order valence-corrected chi connectivity index (χ0v) is 10.1. The first-order valence-electron chi connectivity index (χ1n) is 5.90. The summed E-state index contributed by atoms with van der Waals surface area (Å²) in [5.41, 5.74) is 0.00365. The second kappa shape index (κ2) is 4.69. The van der Waals surface area contributed by atoms with E-state index in [1.54, 1.807) is 6.20 Å². The molecule has 5 heteroatoms. The summed E-state index contributed by atoms with van der Waals surface area (Å²) in [5.74, 6) is 0.356. The third kappa shape index (κ3) is 2.93. The van der Waals surface area contributed by atoms with Crippen LogP contribution >= 0.6 is 0 Å². The Kier molecular flexibility index (Phi) is 3.26. The third-order valence-corrected chi connectivity index (χ3v) is 2.91. The summed E-state index contributed by atoms with van der Waals surface area (Å²) in [6.45, 7) is 5.10. The Morgan fingerprint density at radius 1 is 1.53 bits per heavy atom. The number of anilines is 1.